The van der Waals surface area contributed by atoms with E-state index in [1.54, 1.807) is 23.9 Å². The Labute approximate surface area is 205 Å². The second-order valence-corrected chi connectivity index (χ2v) is 9.41. The summed E-state index contributed by atoms with van der Waals surface area (Å²) in [7, 11) is 0. The highest BCUT2D eigenvalue weighted by molar-refractivity contribution is 7.98. The summed E-state index contributed by atoms with van der Waals surface area (Å²) in [4.78, 5) is 12.3. The lowest BCUT2D eigenvalue weighted by atomic mass is 10.1. The van der Waals surface area contributed by atoms with Crippen LogP contribution in [0.4, 0.5) is 24.5 Å². The van der Waals surface area contributed by atoms with Gasteiger partial charge in [-0.3, -0.25) is 0 Å². The van der Waals surface area contributed by atoms with Crippen molar-refractivity contribution in [3.8, 4) is 5.75 Å². The van der Waals surface area contributed by atoms with Gasteiger partial charge < -0.3 is 20.6 Å². The molecule has 9 heteroatoms. The molecule has 0 bridgehead atoms. The van der Waals surface area contributed by atoms with Crippen molar-refractivity contribution in [2.24, 2.45) is 0 Å². The monoisotopic (exact) mass is 502 g/mol. The van der Waals surface area contributed by atoms with Crippen LogP contribution in [0.15, 0.2) is 65.6 Å². The second-order valence-electron chi connectivity index (χ2n) is 8.36. The quantitative estimate of drug-likeness (QED) is 0.211. The molecule has 0 heterocycles. The molecule has 0 unspecified atom stereocenters. The number of carboxylic acid groups (broad SMARTS) is 1. The van der Waals surface area contributed by atoms with Crippen LogP contribution >= 0.6 is 11.8 Å². The Bertz CT molecular complexity index is 1230. The molecule has 0 radical (unpaired) electrons. The number of benzene rings is 3. The maximum atomic E-state index is 12.8. The molecule has 3 aromatic carbocycles. The molecule has 5 nitrogen and oxygen atoms in total. The molecule has 0 aliphatic rings. The van der Waals surface area contributed by atoms with Crippen molar-refractivity contribution in [2.75, 3.05) is 5.32 Å². The molecule has 0 saturated heterocycles. The molecule has 0 aliphatic carbocycles. The molecule has 0 aliphatic heterocycles. The van der Waals surface area contributed by atoms with Crippen LogP contribution in [-0.2, 0) is 16.7 Å². The number of anilines is 2. The van der Waals surface area contributed by atoms with Gasteiger partial charge in [0.25, 0.3) is 0 Å². The van der Waals surface area contributed by atoms with Crippen LogP contribution in [0.3, 0.4) is 0 Å². The summed E-state index contributed by atoms with van der Waals surface area (Å²) in [5.41, 5.74) is 1.36. The summed E-state index contributed by atoms with van der Waals surface area (Å²) in [5, 5.41) is 20.2. The van der Waals surface area contributed by atoms with Gasteiger partial charge in [0.2, 0.25) is 0 Å². The van der Waals surface area contributed by atoms with E-state index in [9.17, 15) is 23.1 Å². The number of hydrogen-bond acceptors (Lipinski definition) is 5. The van der Waals surface area contributed by atoms with E-state index in [4.69, 9.17) is 10.1 Å². The Hall–Kier alpha value is -3.46. The molecule has 0 atom stereocenters. The zero-order valence-electron chi connectivity index (χ0n) is 19.4. The van der Waals surface area contributed by atoms with Crippen LogP contribution < -0.4 is 10.1 Å². The summed E-state index contributed by atoms with van der Waals surface area (Å²) >= 11 is 1.54. The Morgan fingerprint density at radius 2 is 1.80 bits per heavy atom. The van der Waals surface area contributed by atoms with Gasteiger partial charge in [0.05, 0.1) is 5.56 Å². The first-order valence-electron chi connectivity index (χ1n) is 10.6. The van der Waals surface area contributed by atoms with Crippen LogP contribution in [0, 0.1) is 12.3 Å². The molecule has 35 heavy (non-hydrogen) atoms. The van der Waals surface area contributed by atoms with Gasteiger partial charge in [-0.1, -0.05) is 12.1 Å². The third-order valence-electron chi connectivity index (χ3n) is 5.25. The first-order valence-corrected chi connectivity index (χ1v) is 11.6. The van der Waals surface area contributed by atoms with E-state index >= 15 is 0 Å². The van der Waals surface area contributed by atoms with Gasteiger partial charge in [0.1, 0.15) is 5.75 Å². The average molecular weight is 503 g/mol. The molecule has 0 aromatic heterocycles. The van der Waals surface area contributed by atoms with E-state index in [0.717, 1.165) is 28.2 Å². The van der Waals surface area contributed by atoms with E-state index in [1.165, 1.54) is 32.2 Å². The molecule has 3 rings (SSSR count). The van der Waals surface area contributed by atoms with Crippen molar-refractivity contribution in [1.82, 2.24) is 0 Å². The highest BCUT2D eigenvalue weighted by Gasteiger charge is 2.30. The lowest BCUT2D eigenvalue weighted by Gasteiger charge is -2.23. The fourth-order valence-electron chi connectivity index (χ4n) is 3.22. The number of halogens is 3. The summed E-state index contributed by atoms with van der Waals surface area (Å²) in [6.07, 6.45) is -3.18. The normalized spacial score (nSPS) is 11.7. The molecule has 3 aromatic rings. The van der Waals surface area contributed by atoms with E-state index in [1.807, 2.05) is 31.2 Å². The second kappa shape index (κ2) is 10.4. The number of hydrogen-bond donors (Lipinski definition) is 3. The third-order valence-corrected chi connectivity index (χ3v) is 6.30. The first kappa shape index (κ1) is 26.2. The standard InChI is InChI=1S/C26H25F3N2O3S/c1-16-13-20(11-12-23(16)34-25(2,3)24(32)33)35-15-17-5-4-6-22(21(17)14-30)31-19-9-7-18(8-10-19)26(27,28)29/h4-14,30-31H,15H2,1-3H3,(H,32,33). The van der Waals surface area contributed by atoms with Crippen molar-refractivity contribution in [1.29, 1.82) is 5.41 Å². The number of aryl methyl sites for hydroxylation is 1. The maximum absolute atomic E-state index is 12.8. The van der Waals surface area contributed by atoms with Crippen LogP contribution in [-0.4, -0.2) is 22.9 Å². The number of nitrogens with one attached hydrogen (secondary N) is 2. The minimum Gasteiger partial charge on any atom is -0.478 e. The van der Waals surface area contributed by atoms with Gasteiger partial charge in [-0.2, -0.15) is 13.2 Å². The number of carboxylic acids is 1. The number of ether oxygens (including phenoxy) is 1. The van der Waals surface area contributed by atoms with E-state index in [-0.39, 0.29) is 0 Å². The smallest absolute Gasteiger partial charge is 0.416 e. The van der Waals surface area contributed by atoms with Gasteiger partial charge in [-0.25, -0.2) is 4.79 Å². The fourth-order valence-corrected chi connectivity index (χ4v) is 4.22. The van der Waals surface area contributed by atoms with E-state index < -0.39 is 23.3 Å². The highest BCUT2D eigenvalue weighted by Crippen LogP contribution is 2.33. The first-order chi connectivity index (χ1) is 16.4. The third kappa shape index (κ3) is 6.57. The van der Waals surface area contributed by atoms with Crippen molar-refractivity contribution in [3.05, 3.63) is 82.9 Å². The number of rotatable bonds is 9. The lowest BCUT2D eigenvalue weighted by Crippen LogP contribution is -2.38. The van der Waals surface area contributed by atoms with Crippen molar-refractivity contribution >= 4 is 35.3 Å². The van der Waals surface area contributed by atoms with Crippen molar-refractivity contribution in [2.45, 2.75) is 43.2 Å². The van der Waals surface area contributed by atoms with Gasteiger partial charge in [-0.05, 0) is 80.4 Å². The van der Waals surface area contributed by atoms with Crippen LogP contribution in [0.25, 0.3) is 0 Å². The van der Waals surface area contributed by atoms with Gasteiger partial charge in [0.15, 0.2) is 5.60 Å². The predicted molar refractivity (Wildman–Crippen MR) is 132 cm³/mol. The molecule has 0 saturated carbocycles. The average Bonchev–Trinajstić information content (AvgIpc) is 2.79. The summed E-state index contributed by atoms with van der Waals surface area (Å²) < 4.78 is 44.1. The lowest BCUT2D eigenvalue weighted by molar-refractivity contribution is -0.152. The SMILES string of the molecule is Cc1cc(SCc2cccc(Nc3ccc(C(F)(F)F)cc3)c2C=N)ccc1OC(C)(C)C(=O)O. The number of thioether (sulfide) groups is 1. The topological polar surface area (TPSA) is 82.4 Å². The Morgan fingerprint density at radius 1 is 1.11 bits per heavy atom. The number of carbonyl (C=O) groups is 1. The van der Waals surface area contributed by atoms with E-state index in [0.29, 0.717) is 28.4 Å². The summed E-state index contributed by atoms with van der Waals surface area (Å²) in [5.74, 6) is -0.0166. The van der Waals surface area contributed by atoms with Gasteiger partial charge in [0, 0.05) is 33.8 Å². The summed E-state index contributed by atoms with van der Waals surface area (Å²) in [6.45, 7) is 4.82. The minimum absolute atomic E-state index is 0.487. The van der Waals surface area contributed by atoms with Crippen LogP contribution in [0.2, 0.25) is 0 Å². The molecular weight excluding hydrogens is 477 g/mol. The molecule has 184 valence electrons. The zero-order valence-corrected chi connectivity index (χ0v) is 20.2. The van der Waals surface area contributed by atoms with Gasteiger partial charge >= 0.3 is 12.1 Å². The molecule has 0 fully saturated rings. The molecule has 3 N–H and O–H groups in total. The maximum Gasteiger partial charge on any atom is 0.416 e. The zero-order chi connectivity index (χ0) is 25.8. The number of alkyl halides is 3. The van der Waals surface area contributed by atoms with Crippen LogP contribution in [0.5, 0.6) is 5.75 Å². The minimum atomic E-state index is -4.40. The highest BCUT2D eigenvalue weighted by atomic mass is 32.2. The molecule has 0 amide bonds. The Kier molecular flexibility index (Phi) is 7.80. The van der Waals surface area contributed by atoms with Crippen molar-refractivity contribution in [3.63, 3.8) is 0 Å². The Morgan fingerprint density at radius 3 is 2.37 bits per heavy atom. The van der Waals surface area contributed by atoms with E-state index in [2.05, 4.69) is 5.32 Å². The molecular formula is C26H25F3N2O3S. The Balaban J connectivity index is 1.74. The van der Waals surface area contributed by atoms with Crippen molar-refractivity contribution < 1.29 is 27.8 Å². The number of aliphatic carboxylic acids is 1. The fraction of sp³-hybridized carbons (Fsp3) is 0.231. The summed E-state index contributed by atoms with van der Waals surface area (Å²) in [6, 6.07) is 15.7. The van der Waals surface area contributed by atoms with Crippen LogP contribution in [0.1, 0.15) is 36.1 Å². The predicted octanol–water partition coefficient (Wildman–Crippen LogP) is 7.29. The largest absolute Gasteiger partial charge is 0.478 e. The molecule has 0 spiro atoms. The van der Waals surface area contributed by atoms with Gasteiger partial charge in [-0.15, -0.1) is 11.8 Å².